The fourth-order valence-electron chi connectivity index (χ4n) is 2.29. The summed E-state index contributed by atoms with van der Waals surface area (Å²) in [5.74, 6) is 2.49. The van der Waals surface area contributed by atoms with Gasteiger partial charge in [-0.25, -0.2) is 4.98 Å². The van der Waals surface area contributed by atoms with Crippen LogP contribution in [0, 0.1) is 5.92 Å². The lowest BCUT2D eigenvalue weighted by molar-refractivity contribution is 0.402. The van der Waals surface area contributed by atoms with Crippen LogP contribution in [-0.2, 0) is 0 Å². The summed E-state index contributed by atoms with van der Waals surface area (Å²) in [6.07, 6.45) is 5.67. The molecule has 1 fully saturated rings. The SMILES string of the molecule is CCC1CCCN(c2nc(NC)ncc2Br)C1. The summed E-state index contributed by atoms with van der Waals surface area (Å²) < 4.78 is 0.980. The number of hydrogen-bond acceptors (Lipinski definition) is 4. The highest BCUT2D eigenvalue weighted by Gasteiger charge is 2.21. The number of anilines is 2. The molecule has 17 heavy (non-hydrogen) atoms. The van der Waals surface area contributed by atoms with Crippen LogP contribution >= 0.6 is 15.9 Å². The van der Waals surface area contributed by atoms with E-state index in [0.29, 0.717) is 5.95 Å². The Balaban J connectivity index is 2.20. The molecule has 2 heterocycles. The van der Waals surface area contributed by atoms with Crippen molar-refractivity contribution in [2.24, 2.45) is 5.92 Å². The van der Waals surface area contributed by atoms with Crippen molar-refractivity contribution in [3.63, 3.8) is 0 Å². The third-order valence-electron chi connectivity index (χ3n) is 3.35. The van der Waals surface area contributed by atoms with Crippen molar-refractivity contribution in [3.8, 4) is 0 Å². The van der Waals surface area contributed by atoms with E-state index in [2.05, 4.69) is 43.0 Å². The molecular weight excluding hydrogens is 280 g/mol. The molecule has 1 aliphatic rings. The first-order chi connectivity index (χ1) is 8.24. The maximum atomic E-state index is 4.54. The number of halogens is 1. The smallest absolute Gasteiger partial charge is 0.224 e. The summed E-state index contributed by atoms with van der Waals surface area (Å²) >= 11 is 3.54. The number of rotatable bonds is 3. The summed E-state index contributed by atoms with van der Waals surface area (Å²) in [5, 5.41) is 2.99. The monoisotopic (exact) mass is 298 g/mol. The predicted molar refractivity (Wildman–Crippen MR) is 74.5 cm³/mol. The molecular formula is C12H19BrN4. The van der Waals surface area contributed by atoms with Gasteiger partial charge in [-0.3, -0.25) is 0 Å². The number of nitrogens with one attached hydrogen (secondary N) is 1. The number of aromatic nitrogens is 2. The third-order valence-corrected chi connectivity index (χ3v) is 3.90. The van der Waals surface area contributed by atoms with E-state index in [0.717, 1.165) is 29.3 Å². The lowest BCUT2D eigenvalue weighted by atomic mass is 9.96. The van der Waals surface area contributed by atoms with Gasteiger partial charge in [0, 0.05) is 26.3 Å². The molecule has 5 heteroatoms. The van der Waals surface area contributed by atoms with Crippen molar-refractivity contribution in [2.75, 3.05) is 30.4 Å². The second-order valence-corrected chi connectivity index (χ2v) is 5.33. The van der Waals surface area contributed by atoms with Crippen LogP contribution in [0.25, 0.3) is 0 Å². The largest absolute Gasteiger partial charge is 0.357 e. The molecule has 1 atom stereocenters. The van der Waals surface area contributed by atoms with E-state index < -0.39 is 0 Å². The molecule has 4 nitrogen and oxygen atoms in total. The Morgan fingerprint density at radius 1 is 1.59 bits per heavy atom. The molecule has 1 N–H and O–H groups in total. The van der Waals surface area contributed by atoms with Crippen molar-refractivity contribution in [1.82, 2.24) is 9.97 Å². The molecule has 1 saturated heterocycles. The first-order valence-electron chi connectivity index (χ1n) is 6.19. The van der Waals surface area contributed by atoms with Gasteiger partial charge in [0.1, 0.15) is 5.82 Å². The van der Waals surface area contributed by atoms with Gasteiger partial charge in [0.05, 0.1) is 4.47 Å². The highest BCUT2D eigenvalue weighted by Crippen LogP contribution is 2.29. The second kappa shape index (κ2) is 5.67. The Bertz CT molecular complexity index is 383. The topological polar surface area (TPSA) is 41.1 Å². The number of piperidine rings is 1. The Morgan fingerprint density at radius 2 is 2.41 bits per heavy atom. The number of hydrogen-bond donors (Lipinski definition) is 1. The minimum absolute atomic E-state index is 0.682. The molecule has 0 bridgehead atoms. The van der Waals surface area contributed by atoms with E-state index in [-0.39, 0.29) is 0 Å². The van der Waals surface area contributed by atoms with Crippen LogP contribution in [0.1, 0.15) is 26.2 Å². The second-order valence-electron chi connectivity index (χ2n) is 4.48. The molecule has 2 rings (SSSR count). The molecule has 0 radical (unpaired) electrons. The van der Waals surface area contributed by atoms with Gasteiger partial charge < -0.3 is 10.2 Å². The molecule has 1 aromatic rings. The van der Waals surface area contributed by atoms with E-state index in [1.807, 2.05) is 13.2 Å². The van der Waals surface area contributed by atoms with Crippen LogP contribution in [-0.4, -0.2) is 30.1 Å². The van der Waals surface area contributed by atoms with Crippen molar-refractivity contribution in [3.05, 3.63) is 10.7 Å². The Hall–Kier alpha value is -0.840. The Labute approximate surface area is 111 Å². The average molecular weight is 299 g/mol. The van der Waals surface area contributed by atoms with Gasteiger partial charge in [-0.15, -0.1) is 0 Å². The minimum atomic E-state index is 0.682. The Kier molecular flexibility index (Phi) is 4.20. The van der Waals surface area contributed by atoms with Gasteiger partial charge in [0.15, 0.2) is 0 Å². The lowest BCUT2D eigenvalue weighted by Crippen LogP contribution is -2.36. The number of nitrogens with zero attached hydrogens (tertiary/aromatic N) is 3. The van der Waals surface area contributed by atoms with Gasteiger partial charge in [-0.05, 0) is 34.7 Å². The van der Waals surface area contributed by atoms with Gasteiger partial charge in [0.25, 0.3) is 0 Å². The van der Waals surface area contributed by atoms with Crippen LogP contribution in [0.5, 0.6) is 0 Å². The summed E-state index contributed by atoms with van der Waals surface area (Å²) in [6, 6.07) is 0. The lowest BCUT2D eigenvalue weighted by Gasteiger charge is -2.33. The van der Waals surface area contributed by atoms with Crippen LogP contribution in [0.2, 0.25) is 0 Å². The minimum Gasteiger partial charge on any atom is -0.357 e. The summed E-state index contributed by atoms with van der Waals surface area (Å²) in [5.41, 5.74) is 0. The maximum absolute atomic E-state index is 4.54. The maximum Gasteiger partial charge on any atom is 0.224 e. The van der Waals surface area contributed by atoms with E-state index in [9.17, 15) is 0 Å². The highest BCUT2D eigenvalue weighted by molar-refractivity contribution is 9.10. The van der Waals surface area contributed by atoms with Crippen LogP contribution < -0.4 is 10.2 Å². The van der Waals surface area contributed by atoms with Crippen molar-refractivity contribution < 1.29 is 0 Å². The summed E-state index contributed by atoms with van der Waals surface area (Å²) in [7, 11) is 1.85. The van der Waals surface area contributed by atoms with Gasteiger partial charge in [-0.1, -0.05) is 13.3 Å². The molecule has 0 aliphatic carbocycles. The quantitative estimate of drug-likeness (QED) is 0.932. The molecule has 0 spiro atoms. The van der Waals surface area contributed by atoms with Crippen LogP contribution in [0.4, 0.5) is 11.8 Å². The van der Waals surface area contributed by atoms with Crippen molar-refractivity contribution >= 4 is 27.7 Å². The molecule has 0 aromatic carbocycles. The molecule has 1 unspecified atom stereocenters. The van der Waals surface area contributed by atoms with Gasteiger partial charge >= 0.3 is 0 Å². The fourth-order valence-corrected chi connectivity index (χ4v) is 2.73. The molecule has 1 aliphatic heterocycles. The van der Waals surface area contributed by atoms with E-state index in [1.54, 1.807) is 0 Å². The normalized spacial score (nSPS) is 20.4. The van der Waals surface area contributed by atoms with E-state index in [4.69, 9.17) is 0 Å². The van der Waals surface area contributed by atoms with E-state index in [1.165, 1.54) is 19.3 Å². The molecule has 94 valence electrons. The molecule has 0 saturated carbocycles. The summed E-state index contributed by atoms with van der Waals surface area (Å²) in [6.45, 7) is 4.47. The molecule has 1 aromatic heterocycles. The van der Waals surface area contributed by atoms with Crippen LogP contribution in [0.15, 0.2) is 10.7 Å². The zero-order valence-electron chi connectivity index (χ0n) is 10.4. The van der Waals surface area contributed by atoms with Crippen molar-refractivity contribution in [1.29, 1.82) is 0 Å². The molecule has 0 amide bonds. The average Bonchev–Trinajstić information content (AvgIpc) is 2.39. The summed E-state index contributed by atoms with van der Waals surface area (Å²) in [4.78, 5) is 11.1. The third kappa shape index (κ3) is 2.89. The zero-order valence-corrected chi connectivity index (χ0v) is 12.0. The first kappa shape index (κ1) is 12.6. The first-order valence-corrected chi connectivity index (χ1v) is 6.99. The standard InChI is InChI=1S/C12H19BrN4/c1-3-9-5-4-6-17(8-9)11-10(13)7-15-12(14-2)16-11/h7,9H,3-6,8H2,1-2H3,(H,14,15,16). The van der Waals surface area contributed by atoms with Gasteiger partial charge in [0.2, 0.25) is 5.95 Å². The predicted octanol–water partition coefficient (Wildman–Crippen LogP) is 2.91. The van der Waals surface area contributed by atoms with Crippen LogP contribution in [0.3, 0.4) is 0 Å². The van der Waals surface area contributed by atoms with Gasteiger partial charge in [-0.2, -0.15) is 4.98 Å². The van der Waals surface area contributed by atoms with E-state index >= 15 is 0 Å². The zero-order chi connectivity index (χ0) is 12.3. The Morgan fingerprint density at radius 3 is 3.12 bits per heavy atom. The highest BCUT2D eigenvalue weighted by atomic mass is 79.9. The van der Waals surface area contributed by atoms with Crippen molar-refractivity contribution in [2.45, 2.75) is 26.2 Å². The fraction of sp³-hybridized carbons (Fsp3) is 0.667.